The molecule has 1 aromatic carbocycles. The van der Waals surface area contributed by atoms with Crippen molar-refractivity contribution < 1.29 is 14.0 Å². The Morgan fingerprint density at radius 3 is 2.47 bits per heavy atom. The topological polar surface area (TPSA) is 40.6 Å². The number of halogens is 1. The number of hydrogen-bond acceptors (Lipinski definition) is 3. The second-order valence-electron chi connectivity index (χ2n) is 4.83. The number of ketones is 1. The van der Waals surface area contributed by atoms with Gasteiger partial charge in [0.05, 0.1) is 12.6 Å². The summed E-state index contributed by atoms with van der Waals surface area (Å²) in [5, 5.41) is 0. The second kappa shape index (κ2) is 5.48. The summed E-state index contributed by atoms with van der Waals surface area (Å²) in [7, 11) is 1.76. The molecule has 0 aromatic heterocycles. The summed E-state index contributed by atoms with van der Waals surface area (Å²) in [5.74, 6) is -0.429. The van der Waals surface area contributed by atoms with Crippen LogP contribution in [0.25, 0.3) is 0 Å². The van der Waals surface area contributed by atoms with E-state index in [-0.39, 0.29) is 30.1 Å². The van der Waals surface area contributed by atoms with Crippen molar-refractivity contribution in [3.05, 3.63) is 35.6 Å². The molecule has 0 bridgehead atoms. The molecule has 1 atom stereocenters. The van der Waals surface area contributed by atoms with Crippen LogP contribution in [-0.4, -0.2) is 54.2 Å². The SMILES string of the molecule is CC(C(=O)c1ccc(F)cc1)N1CCN(C)C(=O)C1. The van der Waals surface area contributed by atoms with Crippen molar-refractivity contribution in [2.24, 2.45) is 0 Å². The Hall–Kier alpha value is -1.75. The van der Waals surface area contributed by atoms with Gasteiger partial charge in [-0.2, -0.15) is 0 Å². The Kier molecular flexibility index (Phi) is 3.95. The molecule has 1 amide bonds. The third-order valence-electron chi connectivity index (χ3n) is 3.54. The van der Waals surface area contributed by atoms with Crippen LogP contribution in [0.4, 0.5) is 4.39 Å². The van der Waals surface area contributed by atoms with E-state index in [1.807, 2.05) is 4.90 Å². The van der Waals surface area contributed by atoms with Crippen LogP contribution in [0.3, 0.4) is 0 Å². The van der Waals surface area contributed by atoms with E-state index in [4.69, 9.17) is 0 Å². The molecular formula is C14H17FN2O2. The molecular weight excluding hydrogens is 247 g/mol. The Morgan fingerprint density at radius 1 is 1.26 bits per heavy atom. The summed E-state index contributed by atoms with van der Waals surface area (Å²) < 4.78 is 12.8. The first-order valence-corrected chi connectivity index (χ1v) is 6.27. The highest BCUT2D eigenvalue weighted by molar-refractivity contribution is 6.00. The number of amides is 1. The van der Waals surface area contributed by atoms with Gasteiger partial charge in [0.1, 0.15) is 5.82 Å². The van der Waals surface area contributed by atoms with Gasteiger partial charge in [-0.25, -0.2) is 4.39 Å². The maximum Gasteiger partial charge on any atom is 0.236 e. The zero-order valence-electron chi connectivity index (χ0n) is 11.1. The number of nitrogens with zero attached hydrogens (tertiary/aromatic N) is 2. The molecule has 1 aromatic rings. The highest BCUT2D eigenvalue weighted by Crippen LogP contribution is 2.12. The molecule has 19 heavy (non-hydrogen) atoms. The molecule has 0 spiro atoms. The minimum absolute atomic E-state index is 0.0185. The van der Waals surface area contributed by atoms with Crippen molar-refractivity contribution >= 4 is 11.7 Å². The number of carbonyl (C=O) groups is 2. The molecule has 1 saturated heterocycles. The van der Waals surface area contributed by atoms with E-state index in [1.165, 1.54) is 24.3 Å². The van der Waals surface area contributed by atoms with Gasteiger partial charge in [0.25, 0.3) is 0 Å². The first kappa shape index (κ1) is 13.7. The van der Waals surface area contributed by atoms with Crippen LogP contribution >= 0.6 is 0 Å². The fourth-order valence-electron chi connectivity index (χ4n) is 2.13. The first-order chi connectivity index (χ1) is 8.99. The summed E-state index contributed by atoms with van der Waals surface area (Å²) in [4.78, 5) is 27.4. The lowest BCUT2D eigenvalue weighted by Gasteiger charge is -2.35. The smallest absolute Gasteiger partial charge is 0.236 e. The van der Waals surface area contributed by atoms with E-state index in [0.717, 1.165) is 0 Å². The highest BCUT2D eigenvalue weighted by Gasteiger charge is 2.28. The maximum absolute atomic E-state index is 12.8. The molecule has 0 saturated carbocycles. The quantitative estimate of drug-likeness (QED) is 0.770. The van der Waals surface area contributed by atoms with Crippen molar-refractivity contribution in [2.45, 2.75) is 13.0 Å². The molecule has 1 heterocycles. The summed E-state index contributed by atoms with van der Waals surface area (Å²) in [6, 6.07) is 5.13. The van der Waals surface area contributed by atoms with Crippen LogP contribution in [0.1, 0.15) is 17.3 Å². The molecule has 5 heteroatoms. The number of likely N-dealkylation sites (N-methyl/N-ethyl adjacent to an activating group) is 1. The zero-order chi connectivity index (χ0) is 14.0. The molecule has 1 aliphatic heterocycles. The summed E-state index contributed by atoms with van der Waals surface area (Å²) in [6.07, 6.45) is 0. The number of piperazine rings is 1. The lowest BCUT2D eigenvalue weighted by atomic mass is 10.0. The van der Waals surface area contributed by atoms with Gasteiger partial charge in [-0.3, -0.25) is 14.5 Å². The van der Waals surface area contributed by atoms with Crippen molar-refractivity contribution in [3.8, 4) is 0 Å². The molecule has 1 aliphatic rings. The minimum atomic E-state index is -0.372. The summed E-state index contributed by atoms with van der Waals surface area (Å²) >= 11 is 0. The number of hydrogen-bond donors (Lipinski definition) is 0. The largest absolute Gasteiger partial charge is 0.343 e. The number of carbonyl (C=O) groups excluding carboxylic acids is 2. The Labute approximate surface area is 111 Å². The summed E-state index contributed by atoms with van der Waals surface area (Å²) in [5.41, 5.74) is 0.472. The lowest BCUT2D eigenvalue weighted by molar-refractivity contribution is -0.134. The third kappa shape index (κ3) is 2.98. The first-order valence-electron chi connectivity index (χ1n) is 6.27. The average Bonchev–Trinajstić information content (AvgIpc) is 2.41. The minimum Gasteiger partial charge on any atom is -0.343 e. The van der Waals surface area contributed by atoms with Crippen LogP contribution < -0.4 is 0 Å². The fourth-order valence-corrected chi connectivity index (χ4v) is 2.13. The van der Waals surface area contributed by atoms with E-state index in [9.17, 15) is 14.0 Å². The number of rotatable bonds is 3. The fraction of sp³-hybridized carbons (Fsp3) is 0.429. The monoisotopic (exact) mass is 264 g/mol. The Morgan fingerprint density at radius 2 is 1.89 bits per heavy atom. The Balaban J connectivity index is 2.07. The molecule has 1 unspecified atom stereocenters. The van der Waals surface area contributed by atoms with Gasteiger partial charge in [0.15, 0.2) is 5.78 Å². The van der Waals surface area contributed by atoms with Crippen LogP contribution in [0, 0.1) is 5.82 Å². The van der Waals surface area contributed by atoms with Gasteiger partial charge in [0.2, 0.25) is 5.91 Å². The zero-order valence-corrected chi connectivity index (χ0v) is 11.1. The molecule has 0 N–H and O–H groups in total. The number of benzene rings is 1. The molecule has 102 valence electrons. The van der Waals surface area contributed by atoms with Gasteiger partial charge in [0, 0.05) is 25.7 Å². The highest BCUT2D eigenvalue weighted by atomic mass is 19.1. The predicted octanol–water partition coefficient (Wildman–Crippen LogP) is 1.17. The standard InChI is InChI=1S/C14H17FN2O2/c1-10(17-8-7-16(2)13(18)9-17)14(19)11-3-5-12(15)6-4-11/h3-6,10H,7-9H2,1-2H3. The molecule has 4 nitrogen and oxygen atoms in total. The van der Waals surface area contributed by atoms with Crippen LogP contribution in [0.2, 0.25) is 0 Å². The third-order valence-corrected chi connectivity index (χ3v) is 3.54. The van der Waals surface area contributed by atoms with E-state index in [2.05, 4.69) is 0 Å². The van der Waals surface area contributed by atoms with Gasteiger partial charge >= 0.3 is 0 Å². The van der Waals surface area contributed by atoms with E-state index in [1.54, 1.807) is 18.9 Å². The van der Waals surface area contributed by atoms with Crippen LogP contribution in [-0.2, 0) is 4.79 Å². The van der Waals surface area contributed by atoms with E-state index < -0.39 is 0 Å². The van der Waals surface area contributed by atoms with E-state index in [0.29, 0.717) is 18.7 Å². The van der Waals surface area contributed by atoms with Gasteiger partial charge < -0.3 is 4.90 Å². The Bertz CT molecular complexity index is 487. The molecule has 2 rings (SSSR count). The van der Waals surface area contributed by atoms with E-state index >= 15 is 0 Å². The molecule has 1 fully saturated rings. The van der Waals surface area contributed by atoms with Crippen molar-refractivity contribution in [2.75, 3.05) is 26.7 Å². The lowest BCUT2D eigenvalue weighted by Crippen LogP contribution is -2.53. The molecule has 0 aliphatic carbocycles. The second-order valence-corrected chi connectivity index (χ2v) is 4.83. The van der Waals surface area contributed by atoms with Crippen molar-refractivity contribution in [3.63, 3.8) is 0 Å². The summed E-state index contributed by atoms with van der Waals surface area (Å²) in [6.45, 7) is 3.34. The van der Waals surface area contributed by atoms with Crippen molar-refractivity contribution in [1.29, 1.82) is 0 Å². The molecule has 0 radical (unpaired) electrons. The van der Waals surface area contributed by atoms with Crippen LogP contribution in [0.15, 0.2) is 24.3 Å². The predicted molar refractivity (Wildman–Crippen MR) is 69.4 cm³/mol. The van der Waals surface area contributed by atoms with Crippen molar-refractivity contribution in [1.82, 2.24) is 9.80 Å². The van der Waals surface area contributed by atoms with Crippen LogP contribution in [0.5, 0.6) is 0 Å². The number of Topliss-reactive ketones (excluding diaryl/α,β-unsaturated/α-hetero) is 1. The normalized spacial score (nSPS) is 18.5. The average molecular weight is 264 g/mol. The van der Waals surface area contributed by atoms with Gasteiger partial charge in [-0.05, 0) is 31.2 Å². The maximum atomic E-state index is 12.8. The van der Waals surface area contributed by atoms with Gasteiger partial charge in [-0.15, -0.1) is 0 Å². The van der Waals surface area contributed by atoms with Gasteiger partial charge in [-0.1, -0.05) is 0 Å².